The summed E-state index contributed by atoms with van der Waals surface area (Å²) < 4.78 is 5.07. The standard InChI is InChI=1S/C6H10O2/c1-5(2)6(3,4-7)8-5/h4H,1-3H3. The second kappa shape index (κ2) is 1.13. The van der Waals surface area contributed by atoms with Gasteiger partial charge in [0.05, 0.1) is 5.60 Å². The third kappa shape index (κ3) is 0.494. The summed E-state index contributed by atoms with van der Waals surface area (Å²) in [5, 5.41) is 0. The number of aldehydes is 1. The van der Waals surface area contributed by atoms with Crippen molar-refractivity contribution in [1.29, 1.82) is 0 Å². The largest absolute Gasteiger partial charge is 0.355 e. The van der Waals surface area contributed by atoms with E-state index in [0.29, 0.717) is 0 Å². The molecule has 8 heavy (non-hydrogen) atoms. The van der Waals surface area contributed by atoms with E-state index in [9.17, 15) is 4.79 Å². The van der Waals surface area contributed by atoms with Crippen molar-refractivity contribution in [3.8, 4) is 0 Å². The summed E-state index contributed by atoms with van der Waals surface area (Å²) in [4.78, 5) is 10.2. The average molecular weight is 114 g/mol. The molecule has 0 aromatic carbocycles. The molecule has 2 nitrogen and oxygen atoms in total. The highest BCUT2D eigenvalue weighted by atomic mass is 16.6. The molecule has 0 aromatic heterocycles. The van der Waals surface area contributed by atoms with Crippen molar-refractivity contribution in [3.63, 3.8) is 0 Å². The topological polar surface area (TPSA) is 29.6 Å². The van der Waals surface area contributed by atoms with Gasteiger partial charge in [-0.25, -0.2) is 0 Å². The Kier molecular flexibility index (Phi) is 0.815. The first kappa shape index (κ1) is 5.76. The number of hydrogen-bond donors (Lipinski definition) is 0. The zero-order valence-corrected chi connectivity index (χ0v) is 5.39. The van der Waals surface area contributed by atoms with Gasteiger partial charge in [0.2, 0.25) is 0 Å². The highest BCUT2D eigenvalue weighted by molar-refractivity contribution is 5.68. The Morgan fingerprint density at radius 2 is 1.75 bits per heavy atom. The molecule has 1 heterocycles. The van der Waals surface area contributed by atoms with Crippen LogP contribution in [0.15, 0.2) is 0 Å². The van der Waals surface area contributed by atoms with Gasteiger partial charge < -0.3 is 9.53 Å². The minimum Gasteiger partial charge on any atom is -0.355 e. The molecular weight excluding hydrogens is 104 g/mol. The van der Waals surface area contributed by atoms with Gasteiger partial charge in [0, 0.05) is 0 Å². The Hall–Kier alpha value is -0.370. The van der Waals surface area contributed by atoms with Gasteiger partial charge in [-0.2, -0.15) is 0 Å². The summed E-state index contributed by atoms with van der Waals surface area (Å²) in [6.45, 7) is 5.60. The molecule has 0 N–H and O–H groups in total. The summed E-state index contributed by atoms with van der Waals surface area (Å²) in [5.74, 6) is 0. The van der Waals surface area contributed by atoms with Gasteiger partial charge in [-0.05, 0) is 20.8 Å². The maximum Gasteiger partial charge on any atom is 0.154 e. The van der Waals surface area contributed by atoms with Crippen LogP contribution in [0.2, 0.25) is 0 Å². The van der Waals surface area contributed by atoms with Gasteiger partial charge in [0.15, 0.2) is 6.29 Å². The van der Waals surface area contributed by atoms with Crippen LogP contribution in [0.25, 0.3) is 0 Å². The molecular formula is C6H10O2. The first-order valence-corrected chi connectivity index (χ1v) is 2.68. The summed E-state index contributed by atoms with van der Waals surface area (Å²) in [7, 11) is 0. The SMILES string of the molecule is CC1(C)OC1(C)C=O. The van der Waals surface area contributed by atoms with Crippen LogP contribution < -0.4 is 0 Å². The van der Waals surface area contributed by atoms with Crippen molar-refractivity contribution < 1.29 is 9.53 Å². The second-order valence-corrected chi connectivity index (χ2v) is 2.84. The number of epoxide rings is 1. The fourth-order valence-electron chi connectivity index (χ4n) is 0.670. The van der Waals surface area contributed by atoms with Crippen molar-refractivity contribution in [3.05, 3.63) is 0 Å². The molecule has 1 aliphatic rings. The fraction of sp³-hybridized carbons (Fsp3) is 0.833. The van der Waals surface area contributed by atoms with Gasteiger partial charge in [-0.1, -0.05) is 0 Å². The molecule has 0 spiro atoms. The zero-order valence-electron chi connectivity index (χ0n) is 5.39. The summed E-state index contributed by atoms with van der Waals surface area (Å²) in [5.41, 5.74) is -0.707. The molecule has 0 amide bonds. The molecule has 0 radical (unpaired) electrons. The lowest BCUT2D eigenvalue weighted by Crippen LogP contribution is -2.17. The van der Waals surface area contributed by atoms with Gasteiger partial charge in [-0.3, -0.25) is 0 Å². The Morgan fingerprint density at radius 3 is 1.75 bits per heavy atom. The first-order chi connectivity index (χ1) is 3.52. The number of rotatable bonds is 1. The van der Waals surface area contributed by atoms with Gasteiger partial charge in [0.1, 0.15) is 5.60 Å². The lowest BCUT2D eigenvalue weighted by molar-refractivity contribution is -0.111. The van der Waals surface area contributed by atoms with Crippen LogP contribution in [0.5, 0.6) is 0 Å². The highest BCUT2D eigenvalue weighted by Crippen LogP contribution is 2.44. The summed E-state index contributed by atoms with van der Waals surface area (Å²) in [6, 6.07) is 0. The van der Waals surface area contributed by atoms with E-state index in [1.54, 1.807) is 6.92 Å². The molecule has 1 aliphatic heterocycles. The van der Waals surface area contributed by atoms with Crippen LogP contribution in [0.1, 0.15) is 20.8 Å². The molecule has 2 heteroatoms. The molecule has 1 unspecified atom stereocenters. The molecule has 0 bridgehead atoms. The van der Waals surface area contributed by atoms with Crippen molar-refractivity contribution in [2.45, 2.75) is 32.0 Å². The minimum absolute atomic E-state index is 0.214. The van der Waals surface area contributed by atoms with Crippen LogP contribution in [0.3, 0.4) is 0 Å². The first-order valence-electron chi connectivity index (χ1n) is 2.68. The molecule has 1 rings (SSSR count). The quantitative estimate of drug-likeness (QED) is 0.372. The van der Waals surface area contributed by atoms with Gasteiger partial charge >= 0.3 is 0 Å². The lowest BCUT2D eigenvalue weighted by atomic mass is 10.0. The zero-order chi connectivity index (χ0) is 6.41. The van der Waals surface area contributed by atoms with Crippen LogP contribution in [-0.2, 0) is 9.53 Å². The van der Waals surface area contributed by atoms with Crippen LogP contribution >= 0.6 is 0 Å². The van der Waals surface area contributed by atoms with Crippen molar-refractivity contribution in [1.82, 2.24) is 0 Å². The van der Waals surface area contributed by atoms with E-state index in [1.807, 2.05) is 13.8 Å². The van der Waals surface area contributed by atoms with Crippen LogP contribution in [0, 0.1) is 0 Å². The molecule has 0 aliphatic carbocycles. The molecule has 0 saturated carbocycles. The van der Waals surface area contributed by atoms with E-state index in [4.69, 9.17) is 4.74 Å². The maximum absolute atomic E-state index is 10.2. The third-order valence-electron chi connectivity index (χ3n) is 1.85. The van der Waals surface area contributed by atoms with Crippen molar-refractivity contribution in [2.24, 2.45) is 0 Å². The summed E-state index contributed by atoms with van der Waals surface area (Å²) in [6.07, 6.45) is 0.854. The van der Waals surface area contributed by atoms with Crippen molar-refractivity contribution in [2.75, 3.05) is 0 Å². The Bertz CT molecular complexity index is 128. The number of ether oxygens (including phenoxy) is 1. The Morgan fingerprint density at radius 1 is 1.38 bits per heavy atom. The molecule has 0 aromatic rings. The third-order valence-corrected chi connectivity index (χ3v) is 1.85. The number of carbonyl (C=O) groups is 1. The minimum atomic E-state index is -0.493. The van der Waals surface area contributed by atoms with E-state index in [1.165, 1.54) is 0 Å². The fourth-order valence-corrected chi connectivity index (χ4v) is 0.670. The highest BCUT2D eigenvalue weighted by Gasteiger charge is 2.60. The van der Waals surface area contributed by atoms with Gasteiger partial charge in [0.25, 0.3) is 0 Å². The predicted molar refractivity (Wildman–Crippen MR) is 29.6 cm³/mol. The second-order valence-electron chi connectivity index (χ2n) is 2.84. The molecule has 46 valence electrons. The predicted octanol–water partition coefficient (Wildman–Crippen LogP) is 0.753. The Labute approximate surface area is 48.8 Å². The Balaban J connectivity index is 2.68. The smallest absolute Gasteiger partial charge is 0.154 e. The molecule has 1 saturated heterocycles. The summed E-state index contributed by atoms with van der Waals surface area (Å²) >= 11 is 0. The number of carbonyl (C=O) groups excluding carboxylic acids is 1. The maximum atomic E-state index is 10.2. The van der Waals surface area contributed by atoms with Gasteiger partial charge in [-0.15, -0.1) is 0 Å². The van der Waals surface area contributed by atoms with E-state index in [0.717, 1.165) is 6.29 Å². The van der Waals surface area contributed by atoms with E-state index >= 15 is 0 Å². The number of hydrogen-bond acceptors (Lipinski definition) is 2. The molecule has 1 fully saturated rings. The molecule has 1 atom stereocenters. The van der Waals surface area contributed by atoms with E-state index in [2.05, 4.69) is 0 Å². The van der Waals surface area contributed by atoms with Crippen molar-refractivity contribution >= 4 is 6.29 Å². The van der Waals surface area contributed by atoms with E-state index in [-0.39, 0.29) is 5.60 Å². The van der Waals surface area contributed by atoms with E-state index < -0.39 is 5.60 Å². The van der Waals surface area contributed by atoms with Crippen LogP contribution in [0.4, 0.5) is 0 Å². The lowest BCUT2D eigenvalue weighted by Gasteiger charge is -1.94. The van der Waals surface area contributed by atoms with Crippen LogP contribution in [-0.4, -0.2) is 17.5 Å². The monoisotopic (exact) mass is 114 g/mol. The average Bonchev–Trinajstić information content (AvgIpc) is 2.10. The normalized spacial score (nSPS) is 41.4.